The molecule has 1 aliphatic heterocycles. The first kappa shape index (κ1) is 10.4. The van der Waals surface area contributed by atoms with Crippen molar-refractivity contribution < 1.29 is 4.74 Å². The van der Waals surface area contributed by atoms with Gasteiger partial charge in [-0.05, 0) is 50.0 Å². The molecule has 1 aliphatic carbocycles. The van der Waals surface area contributed by atoms with Crippen molar-refractivity contribution >= 4 is 0 Å². The molecule has 2 aliphatic rings. The van der Waals surface area contributed by atoms with Crippen LogP contribution in [0.15, 0.2) is 0 Å². The zero-order valence-electron chi connectivity index (χ0n) is 9.13. The fraction of sp³-hybridized carbons (Fsp3) is 1.00. The number of nitrogens with two attached hydrogens (primary N) is 1. The first-order valence-corrected chi connectivity index (χ1v) is 6.15. The molecule has 0 unspecified atom stereocenters. The Balaban J connectivity index is 2.00. The third-order valence-electron chi connectivity index (χ3n) is 4.33. The second-order valence-electron chi connectivity index (χ2n) is 4.99. The molecule has 0 aromatic carbocycles. The molecule has 82 valence electrons. The van der Waals surface area contributed by atoms with Crippen LogP contribution in [0, 0.1) is 11.3 Å². The van der Waals surface area contributed by atoms with E-state index in [0.717, 1.165) is 25.7 Å². The number of hydrogen-bond acceptors (Lipinski definition) is 2. The summed E-state index contributed by atoms with van der Waals surface area (Å²) in [5.41, 5.74) is 6.38. The van der Waals surface area contributed by atoms with E-state index < -0.39 is 0 Å². The standard InChI is InChI=1S/C12H23NO/c13-8-7-12(5-1-2-6-12)11-3-9-14-10-4-11/h11H,1-10,13H2. The molecular formula is C12H23NO. The summed E-state index contributed by atoms with van der Waals surface area (Å²) >= 11 is 0. The summed E-state index contributed by atoms with van der Waals surface area (Å²) in [5.74, 6) is 0.905. The minimum atomic E-state index is 0.610. The van der Waals surface area contributed by atoms with Gasteiger partial charge in [0.2, 0.25) is 0 Å². The molecule has 0 bridgehead atoms. The summed E-state index contributed by atoms with van der Waals surface area (Å²) in [6.45, 7) is 2.84. The van der Waals surface area contributed by atoms with Gasteiger partial charge >= 0.3 is 0 Å². The van der Waals surface area contributed by atoms with E-state index in [1.807, 2.05) is 0 Å². The average molecular weight is 197 g/mol. The van der Waals surface area contributed by atoms with Crippen molar-refractivity contribution in [2.75, 3.05) is 19.8 Å². The van der Waals surface area contributed by atoms with E-state index in [-0.39, 0.29) is 0 Å². The molecule has 0 radical (unpaired) electrons. The molecule has 2 nitrogen and oxygen atoms in total. The third-order valence-corrected chi connectivity index (χ3v) is 4.33. The largest absolute Gasteiger partial charge is 0.381 e. The quantitative estimate of drug-likeness (QED) is 0.753. The van der Waals surface area contributed by atoms with Crippen LogP contribution in [0.3, 0.4) is 0 Å². The molecule has 0 spiro atoms. The van der Waals surface area contributed by atoms with E-state index in [9.17, 15) is 0 Å². The maximum atomic E-state index is 5.77. The van der Waals surface area contributed by atoms with Gasteiger partial charge in [0, 0.05) is 13.2 Å². The van der Waals surface area contributed by atoms with Crippen LogP contribution < -0.4 is 5.73 Å². The van der Waals surface area contributed by atoms with Gasteiger partial charge in [-0.2, -0.15) is 0 Å². The Labute approximate surface area is 87.2 Å². The molecule has 1 heterocycles. The van der Waals surface area contributed by atoms with Crippen molar-refractivity contribution in [3.8, 4) is 0 Å². The lowest BCUT2D eigenvalue weighted by molar-refractivity contribution is 0.00869. The second-order valence-corrected chi connectivity index (χ2v) is 4.99. The van der Waals surface area contributed by atoms with Crippen LogP contribution in [0.2, 0.25) is 0 Å². The van der Waals surface area contributed by atoms with Gasteiger partial charge in [-0.1, -0.05) is 12.8 Å². The molecule has 2 rings (SSSR count). The smallest absolute Gasteiger partial charge is 0.0468 e. The fourth-order valence-corrected chi connectivity index (χ4v) is 3.54. The highest BCUT2D eigenvalue weighted by molar-refractivity contribution is 4.91. The molecular weight excluding hydrogens is 174 g/mol. The summed E-state index contributed by atoms with van der Waals surface area (Å²) in [4.78, 5) is 0. The summed E-state index contributed by atoms with van der Waals surface area (Å²) < 4.78 is 5.45. The minimum absolute atomic E-state index is 0.610. The first-order valence-electron chi connectivity index (χ1n) is 6.15. The van der Waals surface area contributed by atoms with Gasteiger partial charge in [0.15, 0.2) is 0 Å². The van der Waals surface area contributed by atoms with Crippen molar-refractivity contribution in [2.24, 2.45) is 17.1 Å². The van der Waals surface area contributed by atoms with E-state index in [4.69, 9.17) is 10.5 Å². The Morgan fingerprint density at radius 1 is 1.14 bits per heavy atom. The van der Waals surface area contributed by atoms with Crippen LogP contribution in [-0.4, -0.2) is 19.8 Å². The third kappa shape index (κ3) is 1.96. The summed E-state index contributed by atoms with van der Waals surface area (Å²) in [6, 6.07) is 0. The fourth-order valence-electron chi connectivity index (χ4n) is 3.54. The van der Waals surface area contributed by atoms with Crippen LogP contribution in [-0.2, 0) is 4.74 Å². The highest BCUT2D eigenvalue weighted by atomic mass is 16.5. The lowest BCUT2D eigenvalue weighted by Crippen LogP contribution is -2.34. The molecule has 2 fully saturated rings. The first-order chi connectivity index (χ1) is 6.87. The van der Waals surface area contributed by atoms with Gasteiger partial charge in [-0.25, -0.2) is 0 Å². The Bertz CT molecular complexity index is 169. The van der Waals surface area contributed by atoms with Crippen molar-refractivity contribution in [1.82, 2.24) is 0 Å². The Hall–Kier alpha value is -0.0800. The number of hydrogen-bond donors (Lipinski definition) is 1. The second kappa shape index (κ2) is 4.63. The Morgan fingerprint density at radius 3 is 2.36 bits per heavy atom. The Morgan fingerprint density at radius 2 is 1.79 bits per heavy atom. The normalized spacial score (nSPS) is 28.1. The van der Waals surface area contributed by atoms with E-state index >= 15 is 0 Å². The molecule has 0 aromatic heterocycles. The topological polar surface area (TPSA) is 35.2 Å². The summed E-state index contributed by atoms with van der Waals surface area (Å²) in [6.07, 6.45) is 9.51. The molecule has 0 atom stereocenters. The maximum absolute atomic E-state index is 5.77. The molecule has 1 saturated carbocycles. The predicted molar refractivity (Wildman–Crippen MR) is 58.1 cm³/mol. The van der Waals surface area contributed by atoms with Gasteiger partial charge in [-0.15, -0.1) is 0 Å². The van der Waals surface area contributed by atoms with Crippen LogP contribution in [0.4, 0.5) is 0 Å². The van der Waals surface area contributed by atoms with Crippen molar-refractivity contribution in [3.63, 3.8) is 0 Å². The highest BCUT2D eigenvalue weighted by Gasteiger charge is 2.40. The van der Waals surface area contributed by atoms with Gasteiger partial charge in [-0.3, -0.25) is 0 Å². The van der Waals surface area contributed by atoms with Crippen LogP contribution in [0.1, 0.15) is 44.9 Å². The molecule has 2 N–H and O–H groups in total. The number of rotatable bonds is 3. The van der Waals surface area contributed by atoms with Crippen LogP contribution in [0.5, 0.6) is 0 Å². The lowest BCUT2D eigenvalue weighted by Gasteiger charge is -2.40. The van der Waals surface area contributed by atoms with Crippen LogP contribution in [0.25, 0.3) is 0 Å². The van der Waals surface area contributed by atoms with Gasteiger partial charge < -0.3 is 10.5 Å². The van der Waals surface area contributed by atoms with E-state index in [0.29, 0.717) is 5.41 Å². The van der Waals surface area contributed by atoms with Gasteiger partial charge in [0.25, 0.3) is 0 Å². The SMILES string of the molecule is NCCC1(C2CCOCC2)CCCC1. The highest BCUT2D eigenvalue weighted by Crippen LogP contribution is 2.50. The predicted octanol–water partition coefficient (Wildman–Crippen LogP) is 2.32. The lowest BCUT2D eigenvalue weighted by atomic mass is 9.68. The maximum Gasteiger partial charge on any atom is 0.0468 e. The number of ether oxygens (including phenoxy) is 1. The monoisotopic (exact) mass is 197 g/mol. The molecule has 1 saturated heterocycles. The van der Waals surface area contributed by atoms with Crippen molar-refractivity contribution in [1.29, 1.82) is 0 Å². The Kier molecular flexibility index (Phi) is 3.45. The van der Waals surface area contributed by atoms with Gasteiger partial charge in [0.05, 0.1) is 0 Å². The summed E-state index contributed by atoms with van der Waals surface area (Å²) in [7, 11) is 0. The zero-order chi connectivity index (χ0) is 9.86. The summed E-state index contributed by atoms with van der Waals surface area (Å²) in [5, 5.41) is 0. The van der Waals surface area contributed by atoms with Crippen LogP contribution >= 0.6 is 0 Å². The van der Waals surface area contributed by atoms with E-state index in [2.05, 4.69) is 0 Å². The molecule has 14 heavy (non-hydrogen) atoms. The minimum Gasteiger partial charge on any atom is -0.381 e. The van der Waals surface area contributed by atoms with E-state index in [1.54, 1.807) is 0 Å². The molecule has 0 aromatic rings. The van der Waals surface area contributed by atoms with Gasteiger partial charge in [0.1, 0.15) is 0 Å². The average Bonchev–Trinajstić information content (AvgIpc) is 2.70. The molecule has 2 heteroatoms. The zero-order valence-corrected chi connectivity index (χ0v) is 9.13. The van der Waals surface area contributed by atoms with Crippen molar-refractivity contribution in [2.45, 2.75) is 44.9 Å². The van der Waals surface area contributed by atoms with Crippen molar-refractivity contribution in [3.05, 3.63) is 0 Å². The molecule has 0 amide bonds. The van der Waals surface area contributed by atoms with E-state index in [1.165, 1.54) is 44.9 Å².